The van der Waals surface area contributed by atoms with E-state index in [2.05, 4.69) is 22.6 Å². The molecule has 1 N–H and O–H groups in total. The Morgan fingerprint density at radius 2 is 1.84 bits per heavy atom. The number of benzene rings is 2. The second-order valence-corrected chi connectivity index (χ2v) is 5.32. The molecule has 0 bridgehead atoms. The zero-order chi connectivity index (χ0) is 13.8. The van der Waals surface area contributed by atoms with Crippen LogP contribution in [0.4, 0.5) is 0 Å². The van der Waals surface area contributed by atoms with Crippen molar-refractivity contribution in [3.8, 4) is 11.5 Å². The molecule has 2 rings (SSSR count). The lowest BCUT2D eigenvalue weighted by Crippen LogP contribution is -2.09. The summed E-state index contributed by atoms with van der Waals surface area (Å²) >= 11 is 2.14. The van der Waals surface area contributed by atoms with Crippen molar-refractivity contribution in [3.05, 3.63) is 57.7 Å². The van der Waals surface area contributed by atoms with Crippen LogP contribution in [-0.2, 0) is 4.79 Å². The summed E-state index contributed by atoms with van der Waals surface area (Å²) in [6.45, 7) is 1.67. The van der Waals surface area contributed by atoms with Crippen LogP contribution in [0, 0.1) is 3.57 Å². The zero-order valence-corrected chi connectivity index (χ0v) is 12.5. The van der Waals surface area contributed by atoms with Gasteiger partial charge in [0.05, 0.1) is 5.92 Å². The third-order valence-corrected chi connectivity index (χ3v) is 3.77. The van der Waals surface area contributed by atoms with Gasteiger partial charge in [0.2, 0.25) is 0 Å². The van der Waals surface area contributed by atoms with Gasteiger partial charge in [0, 0.05) is 3.57 Å². The van der Waals surface area contributed by atoms with Crippen molar-refractivity contribution in [2.75, 3.05) is 0 Å². The quantitative estimate of drug-likeness (QED) is 0.820. The maximum Gasteiger partial charge on any atom is 0.310 e. The molecule has 0 aliphatic carbocycles. The minimum atomic E-state index is -0.838. The second kappa shape index (κ2) is 6.06. The van der Waals surface area contributed by atoms with E-state index in [9.17, 15) is 4.79 Å². The van der Waals surface area contributed by atoms with Crippen LogP contribution in [0.5, 0.6) is 11.5 Å². The number of aliphatic carboxylic acids is 1. The molecule has 0 fully saturated rings. The Hall–Kier alpha value is -1.56. The van der Waals surface area contributed by atoms with E-state index in [1.54, 1.807) is 13.0 Å². The third-order valence-electron chi connectivity index (χ3n) is 2.78. The first kappa shape index (κ1) is 13.9. The van der Waals surface area contributed by atoms with Crippen LogP contribution < -0.4 is 4.74 Å². The fourth-order valence-corrected chi connectivity index (χ4v) is 2.48. The van der Waals surface area contributed by atoms with E-state index in [0.717, 1.165) is 14.9 Å². The number of carboxylic acid groups (broad SMARTS) is 1. The SMILES string of the molecule is CC(C(=O)O)c1cc(Oc2ccccc2)ccc1I. The first-order valence-corrected chi connectivity index (χ1v) is 6.91. The fraction of sp³-hybridized carbons (Fsp3) is 0.133. The molecule has 0 spiro atoms. The summed E-state index contributed by atoms with van der Waals surface area (Å²) < 4.78 is 6.63. The smallest absolute Gasteiger partial charge is 0.310 e. The predicted octanol–water partition coefficient (Wildman–Crippen LogP) is 4.27. The van der Waals surface area contributed by atoms with Crippen molar-refractivity contribution in [1.82, 2.24) is 0 Å². The van der Waals surface area contributed by atoms with Crippen molar-refractivity contribution >= 4 is 28.6 Å². The average Bonchev–Trinajstić information content (AvgIpc) is 2.41. The first-order chi connectivity index (χ1) is 9.08. The summed E-state index contributed by atoms with van der Waals surface area (Å²) in [6, 6.07) is 14.9. The van der Waals surface area contributed by atoms with Gasteiger partial charge in [0.25, 0.3) is 0 Å². The fourth-order valence-electron chi connectivity index (χ4n) is 1.67. The summed E-state index contributed by atoms with van der Waals surface area (Å²) in [5.74, 6) is -0.00615. The minimum absolute atomic E-state index is 0.550. The lowest BCUT2D eigenvalue weighted by atomic mass is 10.0. The Balaban J connectivity index is 2.28. The summed E-state index contributed by atoms with van der Waals surface area (Å²) in [4.78, 5) is 11.1. The van der Waals surface area contributed by atoms with Crippen molar-refractivity contribution in [2.24, 2.45) is 0 Å². The number of halogens is 1. The largest absolute Gasteiger partial charge is 0.481 e. The maximum atomic E-state index is 11.1. The molecule has 1 atom stereocenters. The lowest BCUT2D eigenvalue weighted by Gasteiger charge is -2.12. The molecule has 0 aromatic heterocycles. The van der Waals surface area contributed by atoms with Gasteiger partial charge in [-0.2, -0.15) is 0 Å². The van der Waals surface area contributed by atoms with Gasteiger partial charge in [-0.1, -0.05) is 18.2 Å². The van der Waals surface area contributed by atoms with Gasteiger partial charge in [0.1, 0.15) is 11.5 Å². The van der Waals surface area contributed by atoms with Gasteiger partial charge >= 0.3 is 5.97 Å². The van der Waals surface area contributed by atoms with Crippen LogP contribution >= 0.6 is 22.6 Å². The van der Waals surface area contributed by atoms with E-state index < -0.39 is 11.9 Å². The molecule has 0 aliphatic rings. The summed E-state index contributed by atoms with van der Waals surface area (Å²) in [5, 5.41) is 9.10. The Labute approximate surface area is 125 Å². The Morgan fingerprint density at radius 1 is 1.16 bits per heavy atom. The number of hydrogen-bond donors (Lipinski definition) is 1. The third kappa shape index (κ3) is 3.47. The molecule has 4 heteroatoms. The Bertz CT molecular complexity index is 581. The average molecular weight is 368 g/mol. The molecule has 0 radical (unpaired) electrons. The zero-order valence-electron chi connectivity index (χ0n) is 10.3. The molecule has 0 saturated carbocycles. The van der Waals surface area contributed by atoms with Crippen LogP contribution in [0.2, 0.25) is 0 Å². The van der Waals surface area contributed by atoms with E-state index in [4.69, 9.17) is 9.84 Å². The van der Waals surface area contributed by atoms with Crippen molar-refractivity contribution < 1.29 is 14.6 Å². The van der Waals surface area contributed by atoms with Crippen LogP contribution in [0.1, 0.15) is 18.4 Å². The van der Waals surface area contributed by atoms with E-state index in [1.807, 2.05) is 42.5 Å². The Kier molecular flexibility index (Phi) is 4.42. The molecular formula is C15H13IO3. The molecule has 98 valence electrons. The van der Waals surface area contributed by atoms with Gasteiger partial charge in [-0.25, -0.2) is 0 Å². The number of rotatable bonds is 4. The summed E-state index contributed by atoms with van der Waals surface area (Å²) in [5.41, 5.74) is 0.765. The molecule has 2 aromatic carbocycles. The highest BCUT2D eigenvalue weighted by Crippen LogP contribution is 2.29. The standard InChI is InChI=1S/C15H13IO3/c1-10(15(17)18)13-9-12(7-8-14(13)16)19-11-5-3-2-4-6-11/h2-10H,1H3,(H,17,18). The monoisotopic (exact) mass is 368 g/mol. The van der Waals surface area contributed by atoms with Crippen molar-refractivity contribution in [3.63, 3.8) is 0 Å². The molecule has 0 amide bonds. The highest BCUT2D eigenvalue weighted by molar-refractivity contribution is 14.1. The second-order valence-electron chi connectivity index (χ2n) is 4.16. The summed E-state index contributed by atoms with van der Waals surface area (Å²) in [6.07, 6.45) is 0. The van der Waals surface area contributed by atoms with E-state index >= 15 is 0 Å². The van der Waals surface area contributed by atoms with Gasteiger partial charge in [0.15, 0.2) is 0 Å². The van der Waals surface area contributed by atoms with Gasteiger partial charge < -0.3 is 9.84 Å². The van der Waals surface area contributed by atoms with Gasteiger partial charge in [-0.05, 0) is 65.4 Å². The minimum Gasteiger partial charge on any atom is -0.481 e. The van der Waals surface area contributed by atoms with Crippen LogP contribution in [0.25, 0.3) is 0 Å². The lowest BCUT2D eigenvalue weighted by molar-refractivity contribution is -0.138. The van der Waals surface area contributed by atoms with Gasteiger partial charge in [-0.15, -0.1) is 0 Å². The normalized spacial score (nSPS) is 11.9. The number of ether oxygens (including phenoxy) is 1. The van der Waals surface area contributed by atoms with E-state index in [0.29, 0.717) is 5.75 Å². The molecule has 3 nitrogen and oxygen atoms in total. The topological polar surface area (TPSA) is 46.5 Å². The molecule has 0 aliphatic heterocycles. The van der Waals surface area contributed by atoms with E-state index in [1.165, 1.54) is 0 Å². The highest BCUT2D eigenvalue weighted by Gasteiger charge is 2.17. The predicted molar refractivity (Wildman–Crippen MR) is 81.7 cm³/mol. The van der Waals surface area contributed by atoms with Crippen molar-refractivity contribution in [1.29, 1.82) is 0 Å². The molecule has 2 aromatic rings. The van der Waals surface area contributed by atoms with Crippen molar-refractivity contribution in [2.45, 2.75) is 12.8 Å². The van der Waals surface area contributed by atoms with Crippen LogP contribution in [0.3, 0.4) is 0 Å². The van der Waals surface area contributed by atoms with Gasteiger partial charge in [-0.3, -0.25) is 4.79 Å². The summed E-state index contributed by atoms with van der Waals surface area (Å²) in [7, 11) is 0. The first-order valence-electron chi connectivity index (χ1n) is 5.83. The van der Waals surface area contributed by atoms with Crippen LogP contribution in [0.15, 0.2) is 48.5 Å². The number of hydrogen-bond acceptors (Lipinski definition) is 2. The highest BCUT2D eigenvalue weighted by atomic mass is 127. The molecule has 19 heavy (non-hydrogen) atoms. The number of carboxylic acids is 1. The Morgan fingerprint density at radius 3 is 2.47 bits per heavy atom. The number of para-hydroxylation sites is 1. The number of carbonyl (C=O) groups is 1. The molecule has 1 unspecified atom stereocenters. The van der Waals surface area contributed by atoms with Crippen LogP contribution in [-0.4, -0.2) is 11.1 Å². The molecule has 0 saturated heterocycles. The molecule has 0 heterocycles. The van der Waals surface area contributed by atoms with E-state index in [-0.39, 0.29) is 0 Å². The molecular weight excluding hydrogens is 355 g/mol. The maximum absolute atomic E-state index is 11.1.